The second-order valence-electron chi connectivity index (χ2n) is 5.83. The molecule has 1 heterocycles. The molecule has 7 heteroatoms. The minimum atomic E-state index is -4.41. The van der Waals surface area contributed by atoms with Crippen LogP contribution in [0, 0.1) is 0 Å². The fourth-order valence-electron chi connectivity index (χ4n) is 2.48. The van der Waals surface area contributed by atoms with Crippen LogP contribution in [-0.4, -0.2) is 10.9 Å². The molecule has 1 aromatic heterocycles. The van der Waals surface area contributed by atoms with Crippen LogP contribution < -0.4 is 10.6 Å². The maximum Gasteiger partial charge on any atom is 0.416 e. The number of pyridine rings is 1. The molecule has 0 aliphatic carbocycles. The Bertz CT molecular complexity index is 927. The van der Waals surface area contributed by atoms with Gasteiger partial charge in [-0.2, -0.15) is 13.2 Å². The van der Waals surface area contributed by atoms with Gasteiger partial charge >= 0.3 is 6.18 Å². The summed E-state index contributed by atoms with van der Waals surface area (Å²) < 4.78 is 38.3. The number of carbonyl (C=O) groups excluding carboxylic acids is 1. The zero-order valence-corrected chi connectivity index (χ0v) is 14.1. The number of carbonyl (C=O) groups is 1. The first-order valence-corrected chi connectivity index (χ1v) is 8.13. The molecule has 0 radical (unpaired) electrons. The van der Waals surface area contributed by atoms with Crippen LogP contribution in [0.4, 0.5) is 24.5 Å². The first-order chi connectivity index (χ1) is 12.9. The van der Waals surface area contributed by atoms with Crippen LogP contribution in [0.1, 0.15) is 21.5 Å². The number of aromatic nitrogens is 1. The van der Waals surface area contributed by atoms with Gasteiger partial charge in [-0.15, -0.1) is 0 Å². The van der Waals surface area contributed by atoms with Gasteiger partial charge in [0, 0.05) is 24.0 Å². The summed E-state index contributed by atoms with van der Waals surface area (Å²) in [5.74, 6) is -0.373. The zero-order chi connectivity index (χ0) is 19.3. The predicted octanol–water partition coefficient (Wildman–Crippen LogP) is 4.77. The summed E-state index contributed by atoms with van der Waals surface area (Å²) in [6.45, 7) is 0.00299. The van der Waals surface area contributed by atoms with Crippen LogP contribution >= 0.6 is 0 Å². The highest BCUT2D eigenvalue weighted by atomic mass is 19.4. The fraction of sp³-hybridized carbons (Fsp3) is 0.100. The number of benzene rings is 2. The molecule has 138 valence electrons. The highest BCUT2D eigenvalue weighted by Crippen LogP contribution is 2.29. The lowest BCUT2D eigenvalue weighted by Gasteiger charge is -2.11. The predicted molar refractivity (Wildman–Crippen MR) is 96.6 cm³/mol. The highest BCUT2D eigenvalue weighted by Gasteiger charge is 2.30. The van der Waals surface area contributed by atoms with Crippen molar-refractivity contribution in [2.75, 3.05) is 5.32 Å². The van der Waals surface area contributed by atoms with Crippen molar-refractivity contribution in [3.8, 4) is 0 Å². The van der Waals surface area contributed by atoms with E-state index < -0.39 is 11.7 Å². The first kappa shape index (κ1) is 18.4. The number of halogens is 3. The standard InChI is InChI=1S/C20H16F3N3O/c21-20(22,23)16-6-1-4-14(10-16)12-25-19(27)15-5-2-7-17(11-15)26-18-8-3-9-24-13-18/h1-11,13,26H,12H2,(H,25,27). The maximum absolute atomic E-state index is 12.8. The van der Waals surface area contributed by atoms with Crippen LogP contribution in [0.2, 0.25) is 0 Å². The normalized spacial score (nSPS) is 11.1. The van der Waals surface area contributed by atoms with Crippen molar-refractivity contribution in [2.45, 2.75) is 12.7 Å². The topological polar surface area (TPSA) is 54.0 Å². The second kappa shape index (κ2) is 7.90. The minimum Gasteiger partial charge on any atom is -0.354 e. The van der Waals surface area contributed by atoms with Crippen molar-refractivity contribution >= 4 is 17.3 Å². The van der Waals surface area contributed by atoms with E-state index in [1.54, 1.807) is 42.7 Å². The van der Waals surface area contributed by atoms with Gasteiger partial charge in [0.2, 0.25) is 0 Å². The summed E-state index contributed by atoms with van der Waals surface area (Å²) in [5, 5.41) is 5.77. The van der Waals surface area contributed by atoms with Crippen molar-refractivity contribution in [3.05, 3.63) is 89.7 Å². The number of hydrogen-bond donors (Lipinski definition) is 2. The first-order valence-electron chi connectivity index (χ1n) is 8.13. The lowest BCUT2D eigenvalue weighted by molar-refractivity contribution is -0.137. The zero-order valence-electron chi connectivity index (χ0n) is 14.1. The number of anilines is 2. The Morgan fingerprint density at radius 2 is 1.74 bits per heavy atom. The minimum absolute atomic E-state index is 0.00299. The maximum atomic E-state index is 12.8. The third kappa shape index (κ3) is 5.07. The second-order valence-corrected chi connectivity index (χ2v) is 5.83. The summed E-state index contributed by atoms with van der Waals surface area (Å²) in [5.41, 5.74) is 1.52. The van der Waals surface area contributed by atoms with E-state index >= 15 is 0 Å². The van der Waals surface area contributed by atoms with E-state index in [0.717, 1.165) is 17.8 Å². The van der Waals surface area contributed by atoms with Gasteiger partial charge in [0.15, 0.2) is 0 Å². The number of nitrogens with one attached hydrogen (secondary N) is 2. The summed E-state index contributed by atoms with van der Waals surface area (Å²) in [6.07, 6.45) is -1.10. The lowest BCUT2D eigenvalue weighted by Crippen LogP contribution is -2.23. The Labute approximate surface area is 154 Å². The van der Waals surface area contributed by atoms with E-state index in [1.807, 2.05) is 6.07 Å². The van der Waals surface area contributed by atoms with Crippen molar-refractivity contribution in [1.82, 2.24) is 10.3 Å². The van der Waals surface area contributed by atoms with Crippen LogP contribution in [0.15, 0.2) is 73.1 Å². The molecule has 4 nitrogen and oxygen atoms in total. The molecule has 0 aliphatic heterocycles. The summed E-state index contributed by atoms with van der Waals surface area (Å²) >= 11 is 0. The smallest absolute Gasteiger partial charge is 0.354 e. The van der Waals surface area contributed by atoms with Gasteiger partial charge in [-0.1, -0.05) is 18.2 Å². The Kier molecular flexibility index (Phi) is 5.40. The van der Waals surface area contributed by atoms with Crippen molar-refractivity contribution in [2.24, 2.45) is 0 Å². The summed E-state index contributed by atoms with van der Waals surface area (Å²) in [6, 6.07) is 15.3. The fourth-order valence-corrected chi connectivity index (χ4v) is 2.48. The van der Waals surface area contributed by atoms with Crippen molar-refractivity contribution < 1.29 is 18.0 Å². The Hall–Kier alpha value is -3.35. The van der Waals surface area contributed by atoms with Crippen LogP contribution in [-0.2, 0) is 12.7 Å². The molecule has 2 aromatic carbocycles. The quantitative estimate of drug-likeness (QED) is 0.679. The molecule has 3 rings (SSSR count). The van der Waals surface area contributed by atoms with E-state index in [1.165, 1.54) is 12.1 Å². The molecule has 1 amide bonds. The van der Waals surface area contributed by atoms with Crippen LogP contribution in [0.5, 0.6) is 0 Å². The highest BCUT2D eigenvalue weighted by molar-refractivity contribution is 5.95. The molecule has 0 saturated heterocycles. The summed E-state index contributed by atoms with van der Waals surface area (Å²) in [7, 11) is 0. The molecule has 0 saturated carbocycles. The lowest BCUT2D eigenvalue weighted by atomic mass is 10.1. The molecule has 0 fully saturated rings. The molecule has 0 bridgehead atoms. The van der Waals surface area contributed by atoms with E-state index in [-0.39, 0.29) is 12.5 Å². The average molecular weight is 371 g/mol. The SMILES string of the molecule is O=C(NCc1cccc(C(F)(F)F)c1)c1cccc(Nc2cccnc2)c1. The molecular weight excluding hydrogens is 355 g/mol. The molecule has 0 aliphatic rings. The largest absolute Gasteiger partial charge is 0.416 e. The van der Waals surface area contributed by atoms with Gasteiger partial charge in [-0.25, -0.2) is 0 Å². The van der Waals surface area contributed by atoms with Gasteiger partial charge in [-0.05, 0) is 48.0 Å². The van der Waals surface area contributed by atoms with Gasteiger partial charge in [0.1, 0.15) is 0 Å². The molecule has 0 spiro atoms. The molecule has 27 heavy (non-hydrogen) atoms. The van der Waals surface area contributed by atoms with Gasteiger partial charge in [0.05, 0.1) is 17.4 Å². The van der Waals surface area contributed by atoms with Gasteiger partial charge < -0.3 is 10.6 Å². The van der Waals surface area contributed by atoms with Crippen molar-refractivity contribution in [3.63, 3.8) is 0 Å². The molecule has 2 N–H and O–H groups in total. The third-order valence-corrected chi connectivity index (χ3v) is 3.78. The monoisotopic (exact) mass is 371 g/mol. The third-order valence-electron chi connectivity index (χ3n) is 3.78. The Morgan fingerprint density at radius 1 is 0.963 bits per heavy atom. The van der Waals surface area contributed by atoms with E-state index in [4.69, 9.17) is 0 Å². The average Bonchev–Trinajstić information content (AvgIpc) is 2.67. The molecular formula is C20H16F3N3O. The van der Waals surface area contributed by atoms with Crippen LogP contribution in [0.25, 0.3) is 0 Å². The van der Waals surface area contributed by atoms with E-state index in [9.17, 15) is 18.0 Å². The van der Waals surface area contributed by atoms with Gasteiger partial charge in [0.25, 0.3) is 5.91 Å². The Morgan fingerprint density at radius 3 is 2.48 bits per heavy atom. The van der Waals surface area contributed by atoms with E-state index in [2.05, 4.69) is 15.6 Å². The van der Waals surface area contributed by atoms with E-state index in [0.29, 0.717) is 16.8 Å². The number of hydrogen-bond acceptors (Lipinski definition) is 3. The molecule has 0 atom stereocenters. The Balaban J connectivity index is 1.66. The number of amides is 1. The number of nitrogens with zero attached hydrogens (tertiary/aromatic N) is 1. The van der Waals surface area contributed by atoms with Crippen molar-refractivity contribution in [1.29, 1.82) is 0 Å². The van der Waals surface area contributed by atoms with Crippen LogP contribution in [0.3, 0.4) is 0 Å². The summed E-state index contributed by atoms with van der Waals surface area (Å²) in [4.78, 5) is 16.3. The number of alkyl halides is 3. The molecule has 3 aromatic rings. The molecule has 0 unspecified atom stereocenters. The van der Waals surface area contributed by atoms with Gasteiger partial charge in [-0.3, -0.25) is 9.78 Å². The number of rotatable bonds is 5.